The minimum atomic E-state index is -0.689. The van der Waals surface area contributed by atoms with Crippen LogP contribution in [0.2, 0.25) is 0 Å². The third kappa shape index (κ3) is 4.32. The van der Waals surface area contributed by atoms with E-state index in [0.717, 1.165) is 25.7 Å². The Morgan fingerprint density at radius 2 is 1.96 bits per heavy atom. The van der Waals surface area contributed by atoms with E-state index in [1.54, 1.807) is 37.3 Å². The third-order valence-electron chi connectivity index (χ3n) is 5.41. The van der Waals surface area contributed by atoms with Crippen molar-refractivity contribution in [2.75, 3.05) is 20.8 Å². The number of Topliss-reactive ketones (excluding diaryl/α,β-unsaturated/α-hetero) is 1. The first kappa shape index (κ1) is 21.8. The van der Waals surface area contributed by atoms with E-state index >= 15 is 0 Å². The van der Waals surface area contributed by atoms with E-state index in [0.29, 0.717) is 29.5 Å². The highest BCUT2D eigenvalue weighted by Gasteiger charge is 2.44. The van der Waals surface area contributed by atoms with Gasteiger partial charge in [-0.2, -0.15) is 0 Å². The number of amides is 1. The maximum absolute atomic E-state index is 12.9. The zero-order valence-corrected chi connectivity index (χ0v) is 17.4. The molecule has 1 heterocycles. The smallest absolute Gasteiger partial charge is 0.290 e. The van der Waals surface area contributed by atoms with Gasteiger partial charge in [-0.1, -0.05) is 33.1 Å². The fourth-order valence-corrected chi connectivity index (χ4v) is 3.77. The molecule has 1 aromatic rings. The van der Waals surface area contributed by atoms with Crippen LogP contribution in [-0.2, 0) is 9.59 Å². The standard InChI is InChI=1S/C22H31NO5/c1-6-8-9-15(7-2)13-23-20(19(14(3)24)21(25)22(23)26)17-12-16(27-4)10-11-18(17)28-5/h10-12,15,20,25H,6-9,13H2,1-5H3/t15-,20+/m1/s1. The molecular formula is C22H31NO5. The second kappa shape index (κ2) is 9.62. The van der Waals surface area contributed by atoms with Crippen LogP contribution in [0.15, 0.2) is 29.5 Å². The highest BCUT2D eigenvalue weighted by Crippen LogP contribution is 2.43. The van der Waals surface area contributed by atoms with E-state index in [4.69, 9.17) is 9.47 Å². The largest absolute Gasteiger partial charge is 0.503 e. The average molecular weight is 389 g/mol. The number of hydrogen-bond acceptors (Lipinski definition) is 5. The van der Waals surface area contributed by atoms with E-state index in [-0.39, 0.29) is 11.4 Å². The van der Waals surface area contributed by atoms with Crippen molar-refractivity contribution in [3.63, 3.8) is 0 Å². The lowest BCUT2D eigenvalue weighted by Gasteiger charge is -2.31. The molecule has 0 bridgehead atoms. The van der Waals surface area contributed by atoms with E-state index in [2.05, 4.69) is 13.8 Å². The summed E-state index contributed by atoms with van der Waals surface area (Å²) in [7, 11) is 3.10. The van der Waals surface area contributed by atoms with Crippen molar-refractivity contribution >= 4 is 11.7 Å². The highest BCUT2D eigenvalue weighted by molar-refractivity contribution is 6.08. The fraction of sp³-hybridized carbons (Fsp3) is 0.545. The van der Waals surface area contributed by atoms with Gasteiger partial charge in [-0.3, -0.25) is 9.59 Å². The second-order valence-corrected chi connectivity index (χ2v) is 7.20. The van der Waals surface area contributed by atoms with Gasteiger partial charge in [-0.25, -0.2) is 0 Å². The minimum Gasteiger partial charge on any atom is -0.503 e. The summed E-state index contributed by atoms with van der Waals surface area (Å²) >= 11 is 0. The molecule has 6 nitrogen and oxygen atoms in total. The highest BCUT2D eigenvalue weighted by atomic mass is 16.5. The Labute approximate surface area is 167 Å². The Balaban J connectivity index is 2.53. The van der Waals surface area contributed by atoms with Crippen LogP contribution >= 0.6 is 0 Å². The summed E-state index contributed by atoms with van der Waals surface area (Å²) in [6.45, 7) is 6.08. The summed E-state index contributed by atoms with van der Waals surface area (Å²) in [5.41, 5.74) is 0.747. The maximum Gasteiger partial charge on any atom is 0.290 e. The third-order valence-corrected chi connectivity index (χ3v) is 5.41. The van der Waals surface area contributed by atoms with Gasteiger partial charge in [0.15, 0.2) is 11.5 Å². The molecule has 0 saturated heterocycles. The summed E-state index contributed by atoms with van der Waals surface area (Å²) in [5, 5.41) is 10.5. The Hall–Kier alpha value is -2.50. The predicted octanol–water partition coefficient (Wildman–Crippen LogP) is 4.20. The molecule has 154 valence electrons. The topological polar surface area (TPSA) is 76.1 Å². The summed E-state index contributed by atoms with van der Waals surface area (Å²) in [4.78, 5) is 26.8. The summed E-state index contributed by atoms with van der Waals surface area (Å²) in [6.07, 6.45) is 4.07. The molecule has 0 radical (unpaired) electrons. The fourth-order valence-electron chi connectivity index (χ4n) is 3.77. The molecule has 0 unspecified atom stereocenters. The molecule has 28 heavy (non-hydrogen) atoms. The molecule has 1 amide bonds. The molecule has 2 rings (SSSR count). The van der Waals surface area contributed by atoms with E-state index in [1.165, 1.54) is 6.92 Å². The van der Waals surface area contributed by atoms with Crippen LogP contribution in [0.5, 0.6) is 11.5 Å². The summed E-state index contributed by atoms with van der Waals surface area (Å²) in [6, 6.07) is 4.58. The van der Waals surface area contributed by atoms with Crippen molar-refractivity contribution in [1.82, 2.24) is 4.90 Å². The normalized spacial score (nSPS) is 17.8. The van der Waals surface area contributed by atoms with Crippen molar-refractivity contribution in [3.05, 3.63) is 35.1 Å². The molecule has 0 saturated carbocycles. The number of hydrogen-bond donors (Lipinski definition) is 1. The molecule has 1 aromatic carbocycles. The SMILES string of the molecule is CCCC[C@@H](CC)CN1C(=O)C(O)=C(C(C)=O)[C@@H]1c1cc(OC)ccc1OC. The van der Waals surface area contributed by atoms with Crippen molar-refractivity contribution < 1.29 is 24.2 Å². The van der Waals surface area contributed by atoms with Crippen LogP contribution in [0.3, 0.4) is 0 Å². The van der Waals surface area contributed by atoms with Gasteiger partial charge in [0.1, 0.15) is 11.5 Å². The predicted molar refractivity (Wildman–Crippen MR) is 108 cm³/mol. The van der Waals surface area contributed by atoms with Gasteiger partial charge in [-0.15, -0.1) is 0 Å². The van der Waals surface area contributed by atoms with Crippen molar-refractivity contribution in [2.24, 2.45) is 5.92 Å². The first-order valence-corrected chi connectivity index (χ1v) is 9.86. The Morgan fingerprint density at radius 3 is 2.50 bits per heavy atom. The Kier molecular flexibility index (Phi) is 7.49. The second-order valence-electron chi connectivity index (χ2n) is 7.20. The van der Waals surface area contributed by atoms with Gasteiger partial charge in [0.25, 0.3) is 5.91 Å². The zero-order valence-electron chi connectivity index (χ0n) is 17.4. The molecule has 0 spiro atoms. The maximum atomic E-state index is 12.9. The van der Waals surface area contributed by atoms with E-state index in [9.17, 15) is 14.7 Å². The molecule has 0 fully saturated rings. The number of unbranched alkanes of at least 4 members (excludes halogenated alkanes) is 1. The number of aliphatic hydroxyl groups excluding tert-OH is 1. The first-order chi connectivity index (χ1) is 13.4. The number of nitrogens with zero attached hydrogens (tertiary/aromatic N) is 1. The van der Waals surface area contributed by atoms with Crippen LogP contribution in [-0.4, -0.2) is 42.5 Å². The molecule has 1 aliphatic rings. The number of aliphatic hydroxyl groups is 1. The molecule has 0 aromatic heterocycles. The summed E-state index contributed by atoms with van der Waals surface area (Å²) in [5.74, 6) is 0.129. The van der Waals surface area contributed by atoms with Crippen LogP contribution in [0.25, 0.3) is 0 Å². The molecule has 6 heteroatoms. The molecule has 2 atom stereocenters. The summed E-state index contributed by atoms with van der Waals surface area (Å²) < 4.78 is 10.8. The van der Waals surface area contributed by atoms with E-state index < -0.39 is 17.7 Å². The number of ketones is 1. The number of carbonyl (C=O) groups is 2. The lowest BCUT2D eigenvalue weighted by molar-refractivity contribution is -0.130. The molecular weight excluding hydrogens is 358 g/mol. The molecule has 1 aliphatic heterocycles. The van der Waals surface area contributed by atoms with Crippen molar-refractivity contribution in [3.8, 4) is 11.5 Å². The lowest BCUT2D eigenvalue weighted by Crippen LogP contribution is -2.35. The van der Waals surface area contributed by atoms with E-state index in [1.807, 2.05) is 0 Å². The molecule has 0 aliphatic carbocycles. The minimum absolute atomic E-state index is 0.113. The number of rotatable bonds is 10. The molecule has 1 N–H and O–H groups in total. The van der Waals surface area contributed by atoms with Gasteiger partial charge >= 0.3 is 0 Å². The van der Waals surface area contributed by atoms with Gasteiger partial charge in [0.05, 0.1) is 25.8 Å². The first-order valence-electron chi connectivity index (χ1n) is 9.86. The number of carbonyl (C=O) groups excluding carboxylic acids is 2. The quantitative estimate of drug-likeness (QED) is 0.649. The lowest BCUT2D eigenvalue weighted by atomic mass is 9.93. The van der Waals surface area contributed by atoms with Crippen LogP contribution < -0.4 is 9.47 Å². The monoisotopic (exact) mass is 389 g/mol. The van der Waals surface area contributed by atoms with Gasteiger partial charge in [-0.05, 0) is 37.5 Å². The van der Waals surface area contributed by atoms with Crippen LogP contribution in [0.1, 0.15) is 58.1 Å². The number of benzene rings is 1. The van der Waals surface area contributed by atoms with Crippen molar-refractivity contribution in [1.29, 1.82) is 0 Å². The van der Waals surface area contributed by atoms with Crippen LogP contribution in [0.4, 0.5) is 0 Å². The Morgan fingerprint density at radius 1 is 1.25 bits per heavy atom. The van der Waals surface area contributed by atoms with Crippen LogP contribution in [0, 0.1) is 5.92 Å². The average Bonchev–Trinajstić information content (AvgIpc) is 2.95. The van der Waals surface area contributed by atoms with Crippen molar-refractivity contribution in [2.45, 2.75) is 52.5 Å². The number of methoxy groups -OCH3 is 2. The zero-order chi connectivity index (χ0) is 20.8. The van der Waals surface area contributed by atoms with Gasteiger partial charge in [0, 0.05) is 12.1 Å². The Bertz CT molecular complexity index is 755. The van der Waals surface area contributed by atoms with Gasteiger partial charge < -0.3 is 19.5 Å². The van der Waals surface area contributed by atoms with Gasteiger partial charge in [0.2, 0.25) is 0 Å². The number of ether oxygens (including phenoxy) is 2.